The lowest BCUT2D eigenvalue weighted by molar-refractivity contribution is -0.140. The summed E-state index contributed by atoms with van der Waals surface area (Å²) in [5.74, 6) is 0.624. The van der Waals surface area contributed by atoms with Gasteiger partial charge in [-0.1, -0.05) is 30.3 Å². The van der Waals surface area contributed by atoms with Gasteiger partial charge in [0.15, 0.2) is 0 Å². The van der Waals surface area contributed by atoms with Crippen molar-refractivity contribution < 1.29 is 9.53 Å². The summed E-state index contributed by atoms with van der Waals surface area (Å²) in [6.45, 7) is 8.70. The number of likely N-dealkylation sites (tertiary alicyclic amines) is 1. The van der Waals surface area contributed by atoms with Gasteiger partial charge in [-0.2, -0.15) is 0 Å². The maximum absolute atomic E-state index is 13.2. The van der Waals surface area contributed by atoms with Gasteiger partial charge >= 0.3 is 0 Å². The molecule has 0 radical (unpaired) electrons. The molecule has 148 valence electrons. The first-order chi connectivity index (χ1) is 13.4. The molecule has 0 aliphatic carbocycles. The average Bonchev–Trinajstić information content (AvgIpc) is 2.60. The van der Waals surface area contributed by atoms with Crippen molar-refractivity contribution in [2.24, 2.45) is 0 Å². The Bertz CT molecular complexity index is 843. The molecule has 0 spiro atoms. The number of nitrogens with zero attached hydrogens (tertiary/aromatic N) is 2. The zero-order valence-electron chi connectivity index (χ0n) is 17.1. The minimum absolute atomic E-state index is 0.153. The fourth-order valence-corrected chi connectivity index (χ4v) is 5.01. The Morgan fingerprint density at radius 2 is 1.93 bits per heavy atom. The summed E-state index contributed by atoms with van der Waals surface area (Å²) in [6.07, 6.45) is 4.15. The molecule has 3 heterocycles. The summed E-state index contributed by atoms with van der Waals surface area (Å²) in [5.41, 5.74) is 3.30. The second-order valence-electron chi connectivity index (χ2n) is 9.06. The lowest BCUT2D eigenvalue weighted by Crippen LogP contribution is -2.52. The van der Waals surface area contributed by atoms with Crippen LogP contribution in [0.1, 0.15) is 55.8 Å². The van der Waals surface area contributed by atoms with Crippen LogP contribution in [0.5, 0.6) is 0 Å². The maximum atomic E-state index is 13.2. The van der Waals surface area contributed by atoms with Crippen LogP contribution in [-0.2, 0) is 14.9 Å². The molecule has 4 nitrogen and oxygen atoms in total. The van der Waals surface area contributed by atoms with E-state index < -0.39 is 0 Å². The number of ether oxygens (including phenoxy) is 1. The highest BCUT2D eigenvalue weighted by atomic mass is 16.5. The molecule has 2 fully saturated rings. The van der Waals surface area contributed by atoms with E-state index in [4.69, 9.17) is 4.74 Å². The molecule has 2 saturated heterocycles. The monoisotopic (exact) mass is 378 g/mol. The molecule has 1 amide bonds. The Labute approximate surface area is 167 Å². The van der Waals surface area contributed by atoms with Gasteiger partial charge in [-0.05, 0) is 56.9 Å². The van der Waals surface area contributed by atoms with E-state index in [0.717, 1.165) is 31.6 Å². The molecule has 0 unspecified atom stereocenters. The van der Waals surface area contributed by atoms with Crippen molar-refractivity contribution in [3.05, 3.63) is 65.5 Å². The molecule has 2 aliphatic heterocycles. The number of carbonyl (C=O) groups excluding carboxylic acids is 1. The summed E-state index contributed by atoms with van der Waals surface area (Å²) in [6, 6.07) is 14.5. The average molecular weight is 379 g/mol. The molecule has 0 saturated carbocycles. The van der Waals surface area contributed by atoms with Crippen LogP contribution in [0.3, 0.4) is 0 Å². The number of aromatic nitrogens is 1. The van der Waals surface area contributed by atoms with Crippen LogP contribution in [0, 0.1) is 6.92 Å². The summed E-state index contributed by atoms with van der Waals surface area (Å²) in [4.78, 5) is 19.7. The summed E-state index contributed by atoms with van der Waals surface area (Å²) < 4.78 is 6.01. The molecule has 2 aromatic rings. The van der Waals surface area contributed by atoms with Crippen molar-refractivity contribution >= 4 is 5.91 Å². The van der Waals surface area contributed by atoms with Gasteiger partial charge in [0.1, 0.15) is 0 Å². The van der Waals surface area contributed by atoms with Crippen LogP contribution >= 0.6 is 0 Å². The number of benzene rings is 1. The lowest BCUT2D eigenvalue weighted by Gasteiger charge is -2.47. The first kappa shape index (κ1) is 19.1. The zero-order valence-corrected chi connectivity index (χ0v) is 17.1. The van der Waals surface area contributed by atoms with E-state index in [2.05, 4.69) is 56.1 Å². The van der Waals surface area contributed by atoms with Crippen molar-refractivity contribution in [1.82, 2.24) is 9.88 Å². The molecule has 1 aromatic heterocycles. The molecular formula is C24H30N2O2. The first-order valence-corrected chi connectivity index (χ1v) is 10.3. The predicted molar refractivity (Wildman–Crippen MR) is 110 cm³/mol. The number of pyridine rings is 1. The van der Waals surface area contributed by atoms with Gasteiger partial charge in [-0.25, -0.2) is 0 Å². The summed E-state index contributed by atoms with van der Waals surface area (Å²) in [7, 11) is 0. The Kier molecular flexibility index (Phi) is 5.00. The smallest absolute Gasteiger partial charge is 0.223 e. The normalized spacial score (nSPS) is 24.6. The fourth-order valence-electron chi connectivity index (χ4n) is 5.01. The quantitative estimate of drug-likeness (QED) is 0.799. The van der Waals surface area contributed by atoms with E-state index in [0.29, 0.717) is 18.9 Å². The van der Waals surface area contributed by atoms with Crippen LogP contribution in [0.4, 0.5) is 0 Å². The molecule has 2 aliphatic rings. The van der Waals surface area contributed by atoms with E-state index in [9.17, 15) is 4.79 Å². The Morgan fingerprint density at radius 1 is 1.18 bits per heavy atom. The second-order valence-corrected chi connectivity index (χ2v) is 9.06. The van der Waals surface area contributed by atoms with Gasteiger partial charge in [0, 0.05) is 49.3 Å². The van der Waals surface area contributed by atoms with Gasteiger partial charge in [-0.3, -0.25) is 9.78 Å². The van der Waals surface area contributed by atoms with E-state index in [1.807, 2.05) is 23.2 Å². The van der Waals surface area contributed by atoms with Crippen LogP contribution in [0.2, 0.25) is 0 Å². The first-order valence-electron chi connectivity index (χ1n) is 10.3. The van der Waals surface area contributed by atoms with Gasteiger partial charge in [0.2, 0.25) is 5.91 Å². The largest absolute Gasteiger partial charge is 0.376 e. The van der Waals surface area contributed by atoms with E-state index in [-0.39, 0.29) is 16.9 Å². The topological polar surface area (TPSA) is 42.4 Å². The molecule has 28 heavy (non-hydrogen) atoms. The second kappa shape index (κ2) is 7.32. The minimum Gasteiger partial charge on any atom is -0.376 e. The van der Waals surface area contributed by atoms with Gasteiger partial charge in [0.05, 0.1) is 5.60 Å². The third kappa shape index (κ3) is 3.70. The van der Waals surface area contributed by atoms with E-state index in [1.54, 1.807) is 0 Å². The van der Waals surface area contributed by atoms with Crippen molar-refractivity contribution in [1.29, 1.82) is 0 Å². The lowest BCUT2D eigenvalue weighted by atomic mass is 9.66. The van der Waals surface area contributed by atoms with Crippen molar-refractivity contribution in [3.8, 4) is 0 Å². The standard InChI is InChI=1S/C24H30N2O2/c1-18-8-4-5-9-20(18)24(11-13-28-23(2,3)17-24)14-22(27)26-15-19(16-26)21-10-6-7-12-25-21/h4-10,12,19H,11,13-17H2,1-3H3/t24-/m0/s1. The third-order valence-corrected chi connectivity index (χ3v) is 6.38. The molecule has 1 atom stereocenters. The highest BCUT2D eigenvalue weighted by Crippen LogP contribution is 2.46. The number of aryl methyl sites for hydroxylation is 1. The number of hydrogen-bond donors (Lipinski definition) is 0. The summed E-state index contributed by atoms with van der Waals surface area (Å²) >= 11 is 0. The van der Waals surface area contributed by atoms with Gasteiger partial charge in [0.25, 0.3) is 0 Å². The van der Waals surface area contributed by atoms with Crippen LogP contribution in [-0.4, -0.2) is 41.1 Å². The molecule has 0 bridgehead atoms. The number of rotatable bonds is 4. The highest BCUT2D eigenvalue weighted by molar-refractivity contribution is 5.79. The fraction of sp³-hybridized carbons (Fsp3) is 0.500. The third-order valence-electron chi connectivity index (χ3n) is 6.38. The number of hydrogen-bond acceptors (Lipinski definition) is 3. The van der Waals surface area contributed by atoms with Crippen LogP contribution < -0.4 is 0 Å². The van der Waals surface area contributed by atoms with Crippen molar-refractivity contribution in [2.75, 3.05) is 19.7 Å². The highest BCUT2D eigenvalue weighted by Gasteiger charge is 2.46. The zero-order chi connectivity index (χ0) is 19.8. The maximum Gasteiger partial charge on any atom is 0.223 e. The Balaban J connectivity index is 1.52. The minimum atomic E-state index is -0.216. The molecule has 4 heteroatoms. The Hall–Kier alpha value is -2.20. The Morgan fingerprint density at radius 3 is 2.61 bits per heavy atom. The van der Waals surface area contributed by atoms with Gasteiger partial charge < -0.3 is 9.64 Å². The van der Waals surface area contributed by atoms with Crippen LogP contribution in [0.15, 0.2) is 48.7 Å². The van der Waals surface area contributed by atoms with Crippen molar-refractivity contribution in [3.63, 3.8) is 0 Å². The molecule has 4 rings (SSSR count). The molecular weight excluding hydrogens is 348 g/mol. The van der Waals surface area contributed by atoms with Crippen molar-refractivity contribution in [2.45, 2.75) is 57.0 Å². The predicted octanol–water partition coefficient (Wildman–Crippen LogP) is 4.23. The molecule has 1 aromatic carbocycles. The molecule has 0 N–H and O–H groups in total. The SMILES string of the molecule is Cc1ccccc1[C@]1(CC(=O)N2CC(c3ccccn3)C2)CCOC(C)(C)C1. The van der Waals surface area contributed by atoms with Crippen LogP contribution in [0.25, 0.3) is 0 Å². The summed E-state index contributed by atoms with van der Waals surface area (Å²) in [5, 5.41) is 0. The van der Waals surface area contributed by atoms with E-state index >= 15 is 0 Å². The number of carbonyl (C=O) groups is 1. The van der Waals surface area contributed by atoms with E-state index in [1.165, 1.54) is 11.1 Å². The number of amides is 1. The van der Waals surface area contributed by atoms with Gasteiger partial charge in [-0.15, -0.1) is 0 Å².